The summed E-state index contributed by atoms with van der Waals surface area (Å²) in [6, 6.07) is 10.1. The van der Waals surface area contributed by atoms with Crippen molar-refractivity contribution >= 4 is 46.0 Å². The molecule has 1 heterocycles. The first-order valence-corrected chi connectivity index (χ1v) is 11.0. The third-order valence-corrected chi connectivity index (χ3v) is 6.91. The third-order valence-electron chi connectivity index (χ3n) is 6.28. The second-order valence-corrected chi connectivity index (χ2v) is 8.80. The number of methoxy groups -OCH3 is 1. The molecular formula is C24H23Cl2NO4. The summed E-state index contributed by atoms with van der Waals surface area (Å²) >= 11 is 12.7. The van der Waals surface area contributed by atoms with Crippen LogP contribution < -0.4 is 4.74 Å². The smallest absolute Gasteiger partial charge is 0.311 e. The van der Waals surface area contributed by atoms with Gasteiger partial charge in [0.05, 0.1) is 23.6 Å². The van der Waals surface area contributed by atoms with Crippen molar-refractivity contribution in [2.45, 2.75) is 38.5 Å². The minimum absolute atomic E-state index is 0.00292. The van der Waals surface area contributed by atoms with E-state index < -0.39 is 11.9 Å². The minimum Gasteiger partial charge on any atom is -0.495 e. The fourth-order valence-corrected chi connectivity index (χ4v) is 5.31. The van der Waals surface area contributed by atoms with Gasteiger partial charge in [-0.2, -0.15) is 0 Å². The normalized spacial score (nSPS) is 15.4. The van der Waals surface area contributed by atoms with Gasteiger partial charge in [0.15, 0.2) is 0 Å². The van der Waals surface area contributed by atoms with Crippen LogP contribution in [0.15, 0.2) is 36.4 Å². The molecule has 162 valence electrons. The van der Waals surface area contributed by atoms with Gasteiger partial charge in [-0.1, -0.05) is 36.0 Å². The van der Waals surface area contributed by atoms with Crippen LogP contribution in [0, 0.1) is 12.8 Å². The van der Waals surface area contributed by atoms with E-state index in [0.29, 0.717) is 43.5 Å². The minimum atomic E-state index is -0.896. The van der Waals surface area contributed by atoms with E-state index in [4.69, 9.17) is 27.9 Å². The van der Waals surface area contributed by atoms with Crippen LogP contribution in [-0.4, -0.2) is 28.7 Å². The van der Waals surface area contributed by atoms with E-state index in [1.165, 1.54) is 7.11 Å². The van der Waals surface area contributed by atoms with Gasteiger partial charge in [0.1, 0.15) is 5.75 Å². The van der Waals surface area contributed by atoms with Crippen LogP contribution in [0.1, 0.15) is 53.2 Å². The zero-order valence-electron chi connectivity index (χ0n) is 17.3. The summed E-state index contributed by atoms with van der Waals surface area (Å²) in [7, 11) is 1.51. The standard InChI is InChI=1S/C24H23Cl2NO4/c1-13-19(20(24(29)30)14-5-3-4-6-14)21-17(11-12-18(31-2)22(21)26)27(13)23(28)15-7-9-16(25)10-8-15/h7-12,14,20H,3-6H2,1-2H3,(H,29,30). The lowest BCUT2D eigenvalue weighted by atomic mass is 9.83. The molecule has 0 radical (unpaired) electrons. The molecule has 0 bridgehead atoms. The van der Waals surface area contributed by atoms with Gasteiger partial charge >= 0.3 is 5.97 Å². The van der Waals surface area contributed by atoms with Gasteiger partial charge in [-0.05, 0) is 67.6 Å². The van der Waals surface area contributed by atoms with Gasteiger partial charge in [0.25, 0.3) is 5.91 Å². The second-order valence-electron chi connectivity index (χ2n) is 7.98. The fraction of sp³-hybridized carbons (Fsp3) is 0.333. The lowest BCUT2D eigenvalue weighted by Gasteiger charge is -2.20. The molecule has 1 aromatic heterocycles. The third kappa shape index (κ3) is 3.70. The van der Waals surface area contributed by atoms with Gasteiger partial charge in [-0.15, -0.1) is 0 Å². The Morgan fingerprint density at radius 3 is 2.32 bits per heavy atom. The Morgan fingerprint density at radius 1 is 1.10 bits per heavy atom. The van der Waals surface area contributed by atoms with Crippen molar-refractivity contribution in [1.29, 1.82) is 0 Å². The molecule has 0 saturated heterocycles. The Hall–Kier alpha value is -2.50. The van der Waals surface area contributed by atoms with Crippen molar-refractivity contribution in [3.8, 4) is 5.75 Å². The number of fused-ring (bicyclic) bond motifs is 1. The van der Waals surface area contributed by atoms with Crippen LogP contribution in [0.2, 0.25) is 10.0 Å². The van der Waals surface area contributed by atoms with E-state index in [1.54, 1.807) is 47.9 Å². The average Bonchev–Trinajstić information content (AvgIpc) is 3.36. The van der Waals surface area contributed by atoms with Crippen molar-refractivity contribution in [2.24, 2.45) is 5.92 Å². The van der Waals surface area contributed by atoms with Crippen molar-refractivity contribution in [3.63, 3.8) is 0 Å². The van der Waals surface area contributed by atoms with Crippen molar-refractivity contribution < 1.29 is 19.4 Å². The zero-order chi connectivity index (χ0) is 22.3. The Balaban J connectivity index is 2.01. The Labute approximate surface area is 190 Å². The lowest BCUT2D eigenvalue weighted by molar-refractivity contribution is -0.140. The first-order chi connectivity index (χ1) is 14.8. The molecule has 1 saturated carbocycles. The Morgan fingerprint density at radius 2 is 1.74 bits per heavy atom. The molecule has 7 heteroatoms. The number of nitrogens with zero attached hydrogens (tertiary/aromatic N) is 1. The quantitative estimate of drug-likeness (QED) is 0.484. The molecule has 1 aliphatic rings. The van der Waals surface area contributed by atoms with Crippen LogP contribution in [0.5, 0.6) is 5.75 Å². The summed E-state index contributed by atoms with van der Waals surface area (Å²) in [5.41, 5.74) is 2.21. The van der Waals surface area contributed by atoms with Crippen molar-refractivity contribution in [1.82, 2.24) is 4.57 Å². The van der Waals surface area contributed by atoms with Crippen LogP contribution >= 0.6 is 23.2 Å². The van der Waals surface area contributed by atoms with E-state index in [2.05, 4.69) is 0 Å². The number of aromatic nitrogens is 1. The van der Waals surface area contributed by atoms with Gasteiger partial charge in [-0.25, -0.2) is 0 Å². The average molecular weight is 460 g/mol. The summed E-state index contributed by atoms with van der Waals surface area (Å²) in [6.45, 7) is 1.79. The number of rotatable bonds is 5. The number of hydrogen-bond acceptors (Lipinski definition) is 3. The number of ether oxygens (including phenoxy) is 1. The molecule has 1 aliphatic carbocycles. The fourth-order valence-electron chi connectivity index (χ4n) is 4.84. The lowest BCUT2D eigenvalue weighted by Crippen LogP contribution is -2.21. The van der Waals surface area contributed by atoms with Gasteiger partial charge in [0, 0.05) is 21.7 Å². The number of hydrogen-bond donors (Lipinski definition) is 1. The molecule has 1 N–H and O–H groups in total. The summed E-state index contributed by atoms with van der Waals surface area (Å²) in [6.07, 6.45) is 3.70. The first-order valence-electron chi connectivity index (χ1n) is 10.3. The number of carboxylic acid groups (broad SMARTS) is 1. The van der Waals surface area contributed by atoms with Crippen molar-refractivity contribution in [2.75, 3.05) is 7.11 Å². The predicted octanol–water partition coefficient (Wildman–Crippen LogP) is 6.31. The summed E-state index contributed by atoms with van der Waals surface area (Å²) in [5.74, 6) is -1.45. The first kappa shape index (κ1) is 21.7. The number of benzene rings is 2. The number of aliphatic carboxylic acids is 1. The zero-order valence-corrected chi connectivity index (χ0v) is 18.8. The highest BCUT2D eigenvalue weighted by molar-refractivity contribution is 6.37. The van der Waals surface area contributed by atoms with E-state index in [0.717, 1.165) is 25.7 Å². The molecule has 0 aliphatic heterocycles. The van der Waals surface area contributed by atoms with Crippen molar-refractivity contribution in [3.05, 3.63) is 63.3 Å². The highest BCUT2D eigenvalue weighted by Crippen LogP contribution is 2.46. The maximum atomic E-state index is 13.5. The van der Waals surface area contributed by atoms with Gasteiger partial charge in [0.2, 0.25) is 0 Å². The number of carbonyl (C=O) groups is 2. The molecule has 4 rings (SSSR count). The maximum absolute atomic E-state index is 13.5. The molecule has 2 aromatic carbocycles. The molecule has 0 amide bonds. The molecule has 5 nitrogen and oxygen atoms in total. The SMILES string of the molecule is COc1ccc2c(c1Cl)c(C(C(=O)O)C1CCCC1)c(C)n2C(=O)c1ccc(Cl)cc1. The van der Waals surface area contributed by atoms with E-state index in [-0.39, 0.29) is 11.8 Å². The number of halogens is 2. The highest BCUT2D eigenvalue weighted by Gasteiger charge is 2.37. The summed E-state index contributed by atoms with van der Waals surface area (Å²) < 4.78 is 6.95. The van der Waals surface area contributed by atoms with Crippen LogP contribution in [0.25, 0.3) is 10.9 Å². The molecule has 3 aromatic rings. The largest absolute Gasteiger partial charge is 0.495 e. The van der Waals surface area contributed by atoms with Crippen LogP contribution in [0.3, 0.4) is 0 Å². The Kier molecular flexibility index (Phi) is 6.00. The molecule has 31 heavy (non-hydrogen) atoms. The molecule has 1 fully saturated rings. The van der Waals surface area contributed by atoms with Gasteiger partial charge in [-0.3, -0.25) is 14.2 Å². The monoisotopic (exact) mass is 459 g/mol. The van der Waals surface area contributed by atoms with Gasteiger partial charge < -0.3 is 9.84 Å². The summed E-state index contributed by atoms with van der Waals surface area (Å²) in [4.78, 5) is 25.9. The second kappa shape index (κ2) is 8.56. The molecular weight excluding hydrogens is 437 g/mol. The predicted molar refractivity (Wildman–Crippen MR) is 122 cm³/mol. The number of carbonyl (C=O) groups excluding carboxylic acids is 1. The molecule has 0 spiro atoms. The molecule has 1 unspecified atom stereocenters. The Bertz CT molecular complexity index is 1160. The van der Waals surface area contributed by atoms with E-state index in [1.807, 2.05) is 0 Å². The van der Waals surface area contributed by atoms with E-state index in [9.17, 15) is 14.7 Å². The molecule has 1 atom stereocenters. The van der Waals surface area contributed by atoms with Crippen LogP contribution in [-0.2, 0) is 4.79 Å². The van der Waals surface area contributed by atoms with Crippen LogP contribution in [0.4, 0.5) is 0 Å². The summed E-state index contributed by atoms with van der Waals surface area (Å²) in [5, 5.41) is 11.6. The number of carboxylic acids is 1. The van der Waals surface area contributed by atoms with E-state index >= 15 is 0 Å². The maximum Gasteiger partial charge on any atom is 0.311 e. The highest BCUT2D eigenvalue weighted by atomic mass is 35.5. The topological polar surface area (TPSA) is 68.5 Å².